The molecular weight excluding hydrogens is 342 g/mol. The van der Waals surface area contributed by atoms with Crippen molar-refractivity contribution in [1.82, 2.24) is 14.7 Å². The van der Waals surface area contributed by atoms with Crippen LogP contribution in [0.1, 0.15) is 59.7 Å². The molecule has 1 unspecified atom stereocenters. The predicted molar refractivity (Wildman–Crippen MR) is 101 cm³/mol. The molecule has 4 rings (SSSR count). The van der Waals surface area contributed by atoms with Gasteiger partial charge in [-0.1, -0.05) is 31.4 Å². The number of benzene rings is 1. The summed E-state index contributed by atoms with van der Waals surface area (Å²) in [5.41, 5.74) is 0.786. The van der Waals surface area contributed by atoms with E-state index in [4.69, 9.17) is 0 Å². The molecular formula is C21H27N3O3. The summed E-state index contributed by atoms with van der Waals surface area (Å²) in [6.45, 7) is 4.76. The Bertz CT molecular complexity index is 714. The molecule has 0 spiro atoms. The van der Waals surface area contributed by atoms with E-state index in [9.17, 15) is 14.4 Å². The summed E-state index contributed by atoms with van der Waals surface area (Å²) in [7, 11) is 0. The molecule has 0 radical (unpaired) electrons. The zero-order valence-corrected chi connectivity index (χ0v) is 15.9. The smallest absolute Gasteiger partial charge is 0.262 e. The average molecular weight is 369 g/mol. The largest absolute Gasteiger partial charge is 0.338 e. The SMILES string of the molecule is CC(C(=O)N1CCN(C2CCCCC2)CC1)N1C(=O)c2ccccc2C1=O. The number of nitrogens with zero attached hydrogens (tertiary/aromatic N) is 3. The Morgan fingerprint density at radius 2 is 1.48 bits per heavy atom. The maximum absolute atomic E-state index is 13.0. The highest BCUT2D eigenvalue weighted by molar-refractivity contribution is 6.22. The van der Waals surface area contributed by atoms with Crippen LogP contribution in [0.15, 0.2) is 24.3 Å². The molecule has 0 bridgehead atoms. The fourth-order valence-corrected chi connectivity index (χ4v) is 4.69. The number of piperazine rings is 1. The Balaban J connectivity index is 1.39. The van der Waals surface area contributed by atoms with Gasteiger partial charge in [-0.3, -0.25) is 24.2 Å². The van der Waals surface area contributed by atoms with E-state index >= 15 is 0 Å². The second-order valence-corrected chi connectivity index (χ2v) is 7.85. The first-order valence-electron chi connectivity index (χ1n) is 10.1. The number of fused-ring (bicyclic) bond motifs is 1. The Kier molecular flexibility index (Phi) is 5.00. The van der Waals surface area contributed by atoms with Gasteiger partial charge in [0, 0.05) is 32.2 Å². The van der Waals surface area contributed by atoms with Gasteiger partial charge in [-0.25, -0.2) is 0 Å². The van der Waals surface area contributed by atoms with E-state index in [1.807, 2.05) is 4.90 Å². The Morgan fingerprint density at radius 1 is 0.926 bits per heavy atom. The third-order valence-corrected chi connectivity index (χ3v) is 6.29. The molecule has 1 saturated heterocycles. The second-order valence-electron chi connectivity index (χ2n) is 7.85. The third-order valence-electron chi connectivity index (χ3n) is 6.29. The van der Waals surface area contributed by atoms with E-state index in [-0.39, 0.29) is 17.7 Å². The van der Waals surface area contributed by atoms with Gasteiger partial charge in [-0.15, -0.1) is 0 Å². The fourth-order valence-electron chi connectivity index (χ4n) is 4.69. The van der Waals surface area contributed by atoms with Crippen LogP contribution in [0.5, 0.6) is 0 Å². The molecule has 1 aliphatic carbocycles. The summed E-state index contributed by atoms with van der Waals surface area (Å²) in [5.74, 6) is -0.859. The van der Waals surface area contributed by atoms with Crippen LogP contribution in [0, 0.1) is 0 Å². The van der Waals surface area contributed by atoms with Gasteiger partial charge in [-0.05, 0) is 31.9 Å². The molecule has 1 atom stereocenters. The summed E-state index contributed by atoms with van der Waals surface area (Å²) >= 11 is 0. The number of hydrogen-bond acceptors (Lipinski definition) is 4. The minimum atomic E-state index is -0.765. The first-order chi connectivity index (χ1) is 13.1. The van der Waals surface area contributed by atoms with Gasteiger partial charge in [-0.2, -0.15) is 0 Å². The lowest BCUT2D eigenvalue weighted by Gasteiger charge is -2.41. The maximum Gasteiger partial charge on any atom is 0.262 e. The molecule has 27 heavy (non-hydrogen) atoms. The zero-order chi connectivity index (χ0) is 19.0. The van der Waals surface area contributed by atoms with E-state index in [1.165, 1.54) is 32.1 Å². The van der Waals surface area contributed by atoms with Crippen molar-refractivity contribution >= 4 is 17.7 Å². The molecule has 1 aromatic carbocycles. The van der Waals surface area contributed by atoms with Crippen LogP contribution in [0.2, 0.25) is 0 Å². The van der Waals surface area contributed by atoms with Crippen LogP contribution in [-0.2, 0) is 4.79 Å². The summed E-state index contributed by atoms with van der Waals surface area (Å²) in [6.07, 6.45) is 6.48. The van der Waals surface area contributed by atoms with Crippen LogP contribution in [0.25, 0.3) is 0 Å². The van der Waals surface area contributed by atoms with Gasteiger partial charge in [0.1, 0.15) is 6.04 Å². The average Bonchev–Trinajstić information content (AvgIpc) is 2.98. The molecule has 3 amide bonds. The minimum Gasteiger partial charge on any atom is -0.338 e. The molecule has 1 aromatic rings. The van der Waals surface area contributed by atoms with Crippen LogP contribution in [0.3, 0.4) is 0 Å². The highest BCUT2D eigenvalue weighted by atomic mass is 16.2. The molecule has 0 N–H and O–H groups in total. The monoisotopic (exact) mass is 369 g/mol. The van der Waals surface area contributed by atoms with Gasteiger partial charge in [0.05, 0.1) is 11.1 Å². The lowest BCUT2D eigenvalue weighted by atomic mass is 9.94. The Hall–Kier alpha value is -2.21. The molecule has 0 aromatic heterocycles. The molecule has 1 saturated carbocycles. The normalized spacial score (nSPS) is 22.9. The standard InChI is InChI=1S/C21H27N3O3/c1-15(24-20(26)17-9-5-6-10-18(17)21(24)27)19(25)23-13-11-22(12-14-23)16-7-3-2-4-8-16/h5-6,9-10,15-16H,2-4,7-8,11-14H2,1H3. The van der Waals surface area contributed by atoms with Crippen molar-refractivity contribution in [3.8, 4) is 0 Å². The summed E-state index contributed by atoms with van der Waals surface area (Å²) in [4.78, 5) is 43.7. The Labute approximate surface area is 160 Å². The quantitative estimate of drug-likeness (QED) is 0.766. The van der Waals surface area contributed by atoms with Crippen molar-refractivity contribution in [2.24, 2.45) is 0 Å². The summed E-state index contributed by atoms with van der Waals surface area (Å²) in [6, 6.07) is 6.67. The van der Waals surface area contributed by atoms with Crippen molar-refractivity contribution in [2.75, 3.05) is 26.2 Å². The van der Waals surface area contributed by atoms with E-state index in [2.05, 4.69) is 4.90 Å². The van der Waals surface area contributed by atoms with Gasteiger partial charge < -0.3 is 4.90 Å². The fraction of sp³-hybridized carbons (Fsp3) is 0.571. The van der Waals surface area contributed by atoms with Crippen LogP contribution in [-0.4, -0.2) is 70.7 Å². The number of imide groups is 1. The third kappa shape index (κ3) is 3.27. The van der Waals surface area contributed by atoms with E-state index in [0.29, 0.717) is 30.3 Å². The van der Waals surface area contributed by atoms with Crippen LogP contribution < -0.4 is 0 Å². The maximum atomic E-state index is 13.0. The lowest BCUT2D eigenvalue weighted by molar-refractivity contribution is -0.137. The van der Waals surface area contributed by atoms with Crippen LogP contribution >= 0.6 is 0 Å². The lowest BCUT2D eigenvalue weighted by Crippen LogP contribution is -2.56. The number of hydrogen-bond donors (Lipinski definition) is 0. The second kappa shape index (κ2) is 7.43. The molecule has 3 aliphatic rings. The van der Waals surface area contributed by atoms with Gasteiger partial charge in [0.15, 0.2) is 0 Å². The van der Waals surface area contributed by atoms with Gasteiger partial charge in [0.2, 0.25) is 5.91 Å². The van der Waals surface area contributed by atoms with E-state index in [1.54, 1.807) is 31.2 Å². The molecule has 2 heterocycles. The van der Waals surface area contributed by atoms with Crippen molar-refractivity contribution in [3.63, 3.8) is 0 Å². The first kappa shape index (κ1) is 18.2. The van der Waals surface area contributed by atoms with Crippen molar-refractivity contribution in [3.05, 3.63) is 35.4 Å². The number of rotatable bonds is 3. The van der Waals surface area contributed by atoms with E-state index in [0.717, 1.165) is 18.0 Å². The van der Waals surface area contributed by atoms with Crippen molar-refractivity contribution < 1.29 is 14.4 Å². The molecule has 144 valence electrons. The zero-order valence-electron chi connectivity index (χ0n) is 15.9. The molecule has 2 fully saturated rings. The highest BCUT2D eigenvalue weighted by Crippen LogP contribution is 2.26. The first-order valence-corrected chi connectivity index (χ1v) is 10.1. The van der Waals surface area contributed by atoms with Gasteiger partial charge in [0.25, 0.3) is 11.8 Å². The van der Waals surface area contributed by atoms with E-state index < -0.39 is 6.04 Å². The molecule has 6 heteroatoms. The summed E-state index contributed by atoms with van der Waals surface area (Å²) in [5, 5.41) is 0. The van der Waals surface area contributed by atoms with Crippen molar-refractivity contribution in [2.45, 2.75) is 51.1 Å². The minimum absolute atomic E-state index is 0.132. The topological polar surface area (TPSA) is 60.9 Å². The predicted octanol–water partition coefficient (Wildman–Crippen LogP) is 2.15. The molecule has 6 nitrogen and oxygen atoms in total. The molecule has 2 aliphatic heterocycles. The van der Waals surface area contributed by atoms with Gasteiger partial charge >= 0.3 is 0 Å². The van der Waals surface area contributed by atoms with Crippen molar-refractivity contribution in [1.29, 1.82) is 0 Å². The number of carbonyl (C=O) groups excluding carboxylic acids is 3. The summed E-state index contributed by atoms with van der Waals surface area (Å²) < 4.78 is 0. The Morgan fingerprint density at radius 3 is 2.04 bits per heavy atom. The highest BCUT2D eigenvalue weighted by Gasteiger charge is 2.42. The number of amides is 3. The number of carbonyl (C=O) groups is 3. The van der Waals surface area contributed by atoms with Crippen LogP contribution in [0.4, 0.5) is 0 Å².